The lowest BCUT2D eigenvalue weighted by atomic mass is 9.44. The first-order valence-electron chi connectivity index (χ1n) is 56.6. The van der Waals surface area contributed by atoms with E-state index in [4.69, 9.17) is 45.8 Å². The van der Waals surface area contributed by atoms with E-state index in [-0.39, 0.29) is 114 Å². The van der Waals surface area contributed by atoms with Crippen LogP contribution in [-0.2, 0) is 23.7 Å². The van der Waals surface area contributed by atoms with Crippen LogP contribution in [0.2, 0.25) is 0 Å². The molecule has 0 radical (unpaired) electrons. The minimum absolute atomic E-state index is 0.0285. The minimum Gasteiger partial charge on any atom is -0.431 e. The van der Waals surface area contributed by atoms with Crippen LogP contribution >= 0.6 is 0 Å². The van der Waals surface area contributed by atoms with Crippen molar-refractivity contribution in [2.24, 2.45) is 143 Å². The van der Waals surface area contributed by atoms with Gasteiger partial charge in [-0.25, -0.2) is 24.0 Å². The van der Waals surface area contributed by atoms with Gasteiger partial charge >= 0.3 is 28.1 Å². The topological polar surface area (TPSA) is 315 Å². The fourth-order valence-electron chi connectivity index (χ4n) is 43.7. The molecule has 5 aliphatic heterocycles. The van der Waals surface area contributed by atoms with Gasteiger partial charge in [-0.3, -0.25) is 0 Å². The third-order valence-corrected chi connectivity index (χ3v) is 50.9. The van der Waals surface area contributed by atoms with E-state index in [2.05, 4.69) is 69.2 Å². The molecule has 760 valence electrons. The molecule has 20 nitrogen and oxygen atoms in total. The maximum atomic E-state index is 11.4. The molecule has 45 atom stereocenters. The lowest BCUT2D eigenvalue weighted by Crippen LogP contribution is -2.58. The smallest absolute Gasteiger partial charge is 0.335 e. The number of hydrogen-bond donors (Lipinski definition) is 5. The first kappa shape index (κ1) is 94.1. The highest BCUT2D eigenvalue weighted by molar-refractivity contribution is 5.42. The zero-order chi connectivity index (χ0) is 96.6. The Kier molecular flexibility index (Phi) is 21.6. The van der Waals surface area contributed by atoms with Gasteiger partial charge in [0.15, 0.2) is 0 Å². The van der Waals surface area contributed by atoms with Gasteiger partial charge in [-0.1, -0.05) is 69.2 Å². The molecule has 0 aromatic carbocycles. The van der Waals surface area contributed by atoms with Crippen molar-refractivity contribution in [3.63, 3.8) is 0 Å². The monoisotopic (exact) mass is 1920 g/mol. The highest BCUT2D eigenvalue weighted by Gasteiger charge is 2.87. The van der Waals surface area contributed by atoms with E-state index in [9.17, 15) is 49.5 Å². The van der Waals surface area contributed by atoms with Crippen LogP contribution in [0.1, 0.15) is 383 Å². The van der Waals surface area contributed by atoms with E-state index in [1.807, 2.05) is 30.3 Å². The first-order valence-corrected chi connectivity index (χ1v) is 56.6. The Morgan fingerprint density at radius 2 is 0.379 bits per heavy atom. The molecule has 5 spiro atoms. The van der Waals surface area contributed by atoms with Gasteiger partial charge in [0, 0.05) is 57.4 Å². The molecule has 30 rings (SSSR count). The third kappa shape index (κ3) is 13.0. The normalized spacial score (nSPS) is 54.2. The van der Waals surface area contributed by atoms with Crippen molar-refractivity contribution in [2.75, 3.05) is 0 Å². The van der Waals surface area contributed by atoms with Crippen LogP contribution in [0.15, 0.2) is 138 Å². The van der Waals surface area contributed by atoms with Crippen LogP contribution in [0, 0.1) is 143 Å². The third-order valence-electron chi connectivity index (χ3n) is 50.9. The molecular formula is C120H160O20. The van der Waals surface area contributed by atoms with E-state index in [1.165, 1.54) is 188 Å². The van der Waals surface area contributed by atoms with Crippen molar-refractivity contribution >= 4 is 0 Å². The quantitative estimate of drug-likeness (QED) is 0.102. The van der Waals surface area contributed by atoms with Crippen LogP contribution in [0.25, 0.3) is 0 Å². The van der Waals surface area contributed by atoms with Crippen molar-refractivity contribution < 1.29 is 71.3 Å². The number of ether oxygens (including phenoxy) is 5. The van der Waals surface area contributed by atoms with Crippen molar-refractivity contribution in [3.05, 3.63) is 172 Å². The number of aliphatic hydroxyl groups excluding tert-OH is 5. The highest BCUT2D eigenvalue weighted by Crippen LogP contribution is 2.85. The second-order valence-corrected chi connectivity index (χ2v) is 54.8. The molecule has 5 saturated heterocycles. The van der Waals surface area contributed by atoms with Gasteiger partial charge in [-0.2, -0.15) is 0 Å². The standard InChI is InChI=1S/5C24H32O4/c5*1-22-9-7-16(25)11-15(22)4-5-18-17(22)8-10-23(2)19(12-20-24(18,23)28-20)14-3-6-21(26)27-13-14/h5*3,6,13,15-20,25H,4-5,7-12H2,1-2H3/t5*15-,16+,17+,18-,19-,20-,22+,23-,24-/m11111/s1. The molecule has 140 heavy (non-hydrogen) atoms. The largest absolute Gasteiger partial charge is 0.431 e. The van der Waals surface area contributed by atoms with Crippen molar-refractivity contribution in [3.8, 4) is 0 Å². The van der Waals surface area contributed by atoms with Gasteiger partial charge in [0.25, 0.3) is 0 Å². The Hall–Kier alpha value is -5.65. The summed E-state index contributed by atoms with van der Waals surface area (Å²) in [6.07, 6.45) is 55.7. The Balaban J connectivity index is 0.0000000900. The maximum absolute atomic E-state index is 11.4. The van der Waals surface area contributed by atoms with E-state index in [0.29, 0.717) is 146 Å². The maximum Gasteiger partial charge on any atom is 0.335 e. The second kappa shape index (κ2) is 32.2. The van der Waals surface area contributed by atoms with Crippen LogP contribution < -0.4 is 28.1 Å². The minimum atomic E-state index is -0.266. The fraction of sp³-hybridized carbons (Fsp3) is 0.792. The summed E-state index contributed by atoms with van der Waals surface area (Å²) in [5.41, 5.74) is 7.21. The Morgan fingerprint density at radius 1 is 0.207 bits per heavy atom. The van der Waals surface area contributed by atoms with Gasteiger partial charge in [-0.05, 0) is 460 Å². The molecule has 20 heteroatoms. The van der Waals surface area contributed by atoms with Crippen LogP contribution in [0.5, 0.6) is 0 Å². The Bertz CT molecular complexity index is 5030. The summed E-state index contributed by atoms with van der Waals surface area (Å²) in [6.45, 7) is 24.9. The molecule has 5 N–H and O–H groups in total. The van der Waals surface area contributed by atoms with Crippen molar-refractivity contribution in [2.45, 2.75) is 445 Å². The zero-order valence-corrected chi connectivity index (χ0v) is 85.1. The van der Waals surface area contributed by atoms with Crippen molar-refractivity contribution in [1.82, 2.24) is 0 Å². The van der Waals surface area contributed by atoms with Crippen LogP contribution in [-0.4, -0.2) is 115 Å². The van der Waals surface area contributed by atoms with Gasteiger partial charge in [-0.15, -0.1) is 0 Å². The second-order valence-electron chi connectivity index (χ2n) is 54.8. The molecule has 0 amide bonds. The lowest BCUT2D eigenvalue weighted by Gasteiger charge is -2.61. The van der Waals surface area contributed by atoms with Crippen LogP contribution in [0.3, 0.4) is 0 Å². The average Bonchev–Trinajstić information content (AvgIpc) is 1.50. The molecule has 20 aliphatic carbocycles. The summed E-state index contributed by atoms with van der Waals surface area (Å²) in [6, 6.07) is 17.8. The summed E-state index contributed by atoms with van der Waals surface area (Å²) < 4.78 is 59.1. The average molecular weight is 1920 g/mol. The Morgan fingerprint density at radius 3 is 0.536 bits per heavy atom. The number of rotatable bonds is 5. The molecule has 0 unspecified atom stereocenters. The molecule has 5 aromatic heterocycles. The summed E-state index contributed by atoms with van der Waals surface area (Å²) in [5.74, 6) is 12.4. The molecule has 5 aromatic rings. The van der Waals surface area contributed by atoms with Gasteiger partial charge in [0.2, 0.25) is 0 Å². The van der Waals surface area contributed by atoms with E-state index < -0.39 is 0 Å². The molecular weight excluding hydrogens is 1760 g/mol. The van der Waals surface area contributed by atoms with E-state index >= 15 is 0 Å². The lowest BCUT2D eigenvalue weighted by molar-refractivity contribution is -0.139. The van der Waals surface area contributed by atoms with Crippen molar-refractivity contribution in [1.29, 1.82) is 0 Å². The Labute approximate surface area is 826 Å². The van der Waals surface area contributed by atoms with Gasteiger partial charge in [0.1, 0.15) is 28.0 Å². The highest BCUT2D eigenvalue weighted by atomic mass is 16.6. The molecule has 25 aliphatic rings. The SMILES string of the molecule is C[C@]12CC[C@H](O)C[C@H]1CC[C@@H]1[C@@H]2CC[C@]2(C)[C@@H](c3ccc(=O)oc3)C[C@H]3O[C@]132.C[C@]12CC[C@H](O)C[C@H]1CC[C@@H]1[C@@H]2CC[C@]2(C)[C@@H](c3ccc(=O)oc3)C[C@H]3O[C@]132.C[C@]12CC[C@H](O)C[C@H]1CC[C@@H]1[C@@H]2CC[C@]2(C)[C@@H](c3ccc(=O)oc3)C[C@H]3O[C@]132.C[C@]12CC[C@H](O)C[C@H]1CC[C@@H]1[C@@H]2CC[C@]2(C)[C@@H](c3ccc(=O)oc3)C[C@H]3O[C@]132.C[C@]12CC[C@H](O)C[C@H]1CC[C@@H]1[C@@H]2CC[C@]2(C)[C@@H](c3ccc(=O)oc3)C[C@H]3O[C@]132. The summed E-state index contributed by atoms with van der Waals surface area (Å²) >= 11 is 0. The zero-order valence-electron chi connectivity index (χ0n) is 85.1. The summed E-state index contributed by atoms with van der Waals surface area (Å²) in [5, 5.41) is 51.2. The molecule has 0 bridgehead atoms. The summed E-state index contributed by atoms with van der Waals surface area (Å²) in [7, 11) is 0. The number of aliphatic hydroxyl groups is 5. The van der Waals surface area contributed by atoms with Crippen LogP contribution in [0.4, 0.5) is 0 Å². The van der Waals surface area contributed by atoms with E-state index in [0.717, 1.165) is 126 Å². The summed E-state index contributed by atoms with van der Waals surface area (Å²) in [4.78, 5) is 57.2. The molecule has 20 saturated carbocycles. The van der Waals surface area contributed by atoms with Gasteiger partial charge < -0.3 is 71.3 Å². The van der Waals surface area contributed by atoms with E-state index in [1.54, 1.807) is 61.6 Å². The fourth-order valence-corrected chi connectivity index (χ4v) is 43.7. The predicted octanol–water partition coefficient (Wildman–Crippen LogP) is 21.3. The van der Waals surface area contributed by atoms with Gasteiger partial charge in [0.05, 0.1) is 92.4 Å². The first-order chi connectivity index (χ1) is 66.9. The number of fused-ring (bicyclic) bond motifs is 15. The predicted molar refractivity (Wildman–Crippen MR) is 525 cm³/mol. The number of hydrogen-bond acceptors (Lipinski definition) is 20. The number of epoxide rings is 5. The molecule has 10 heterocycles. The molecule has 25 fully saturated rings.